The molecule has 1 aliphatic rings. The van der Waals surface area contributed by atoms with Gasteiger partial charge in [0, 0.05) is 12.0 Å². The number of primary amides is 1. The van der Waals surface area contributed by atoms with E-state index < -0.39 is 0 Å². The van der Waals surface area contributed by atoms with Crippen LogP contribution in [0.5, 0.6) is 0 Å². The highest BCUT2D eigenvalue weighted by atomic mass is 79.9. The summed E-state index contributed by atoms with van der Waals surface area (Å²) in [5.41, 5.74) is 6.15. The van der Waals surface area contributed by atoms with E-state index in [4.69, 9.17) is 5.73 Å². The Morgan fingerprint density at radius 2 is 2.10 bits per heavy atom. The molecule has 0 aromatic carbocycles. The Morgan fingerprint density at radius 1 is 1.40 bits per heavy atom. The van der Waals surface area contributed by atoms with Gasteiger partial charge in [0.1, 0.15) is 4.60 Å². The van der Waals surface area contributed by atoms with Gasteiger partial charge in [-0.2, -0.15) is 0 Å². The number of hydrogen-bond acceptors (Lipinski definition) is 4. The Kier molecular flexibility index (Phi) is 3.33. The number of carbonyl (C=O) groups is 1. The van der Waals surface area contributed by atoms with Crippen LogP contribution >= 0.6 is 15.9 Å². The molecule has 8 heteroatoms. The minimum Gasteiger partial charge on any atom is -0.369 e. The van der Waals surface area contributed by atoms with Gasteiger partial charge in [0.15, 0.2) is 11.3 Å². The molecule has 0 atom stereocenters. The summed E-state index contributed by atoms with van der Waals surface area (Å²) in [4.78, 5) is 34.4. The van der Waals surface area contributed by atoms with Gasteiger partial charge in [-0.3, -0.25) is 14.3 Å². The van der Waals surface area contributed by atoms with Crippen molar-refractivity contribution in [1.29, 1.82) is 0 Å². The van der Waals surface area contributed by atoms with Crippen LogP contribution in [0.3, 0.4) is 0 Å². The van der Waals surface area contributed by atoms with Gasteiger partial charge in [-0.05, 0) is 41.6 Å². The number of imidazole rings is 1. The summed E-state index contributed by atoms with van der Waals surface area (Å²) < 4.78 is 2.23. The number of carbonyl (C=O) groups excluding carboxylic acids is 1. The van der Waals surface area contributed by atoms with Gasteiger partial charge in [-0.25, -0.2) is 14.8 Å². The predicted octanol–water partition coefficient (Wildman–Crippen LogP) is 1.10. The number of H-pyrrole nitrogens is 1. The van der Waals surface area contributed by atoms with E-state index in [9.17, 15) is 9.59 Å². The summed E-state index contributed by atoms with van der Waals surface area (Å²) in [7, 11) is 0. The van der Waals surface area contributed by atoms with E-state index >= 15 is 0 Å². The van der Waals surface area contributed by atoms with Crippen molar-refractivity contribution in [2.75, 3.05) is 0 Å². The number of amides is 1. The fraction of sp³-hybridized carbons (Fsp3) is 0.500. The van der Waals surface area contributed by atoms with Crippen molar-refractivity contribution in [1.82, 2.24) is 19.5 Å². The van der Waals surface area contributed by atoms with E-state index in [1.807, 2.05) is 0 Å². The Balaban J connectivity index is 1.95. The molecular formula is C12H14BrN5O2. The van der Waals surface area contributed by atoms with Crippen LogP contribution < -0.4 is 11.4 Å². The molecule has 0 unspecified atom stereocenters. The number of aromatic amines is 1. The quantitative estimate of drug-likeness (QED) is 0.854. The van der Waals surface area contributed by atoms with E-state index in [0.717, 1.165) is 12.8 Å². The molecule has 1 fully saturated rings. The number of halogens is 1. The lowest BCUT2D eigenvalue weighted by Gasteiger charge is -2.27. The number of fused-ring (bicyclic) bond motifs is 1. The first-order valence-corrected chi connectivity index (χ1v) is 7.27. The molecule has 2 heterocycles. The third kappa shape index (κ3) is 2.24. The number of nitrogens with zero attached hydrogens (tertiary/aromatic N) is 3. The molecule has 7 nitrogen and oxygen atoms in total. The van der Waals surface area contributed by atoms with Crippen LogP contribution in [0.25, 0.3) is 11.3 Å². The lowest BCUT2D eigenvalue weighted by molar-refractivity contribution is -0.122. The van der Waals surface area contributed by atoms with Crippen LogP contribution in [0.1, 0.15) is 31.7 Å². The molecular weight excluding hydrogens is 326 g/mol. The minimum atomic E-state index is -0.253. The number of nitrogens with two attached hydrogens (primary N) is 1. The van der Waals surface area contributed by atoms with Crippen molar-refractivity contribution in [3.05, 3.63) is 21.3 Å². The highest BCUT2D eigenvalue weighted by Gasteiger charge is 2.28. The highest BCUT2D eigenvalue weighted by molar-refractivity contribution is 9.10. The summed E-state index contributed by atoms with van der Waals surface area (Å²) in [5.74, 6) is -0.331. The van der Waals surface area contributed by atoms with Gasteiger partial charge >= 0.3 is 5.69 Å². The van der Waals surface area contributed by atoms with E-state index in [1.54, 1.807) is 10.8 Å². The molecule has 106 valence electrons. The molecule has 0 radical (unpaired) electrons. The number of aromatic nitrogens is 4. The second kappa shape index (κ2) is 5.01. The fourth-order valence-corrected chi connectivity index (χ4v) is 3.10. The van der Waals surface area contributed by atoms with Crippen molar-refractivity contribution in [2.45, 2.75) is 31.7 Å². The lowest BCUT2D eigenvalue weighted by atomic mass is 9.85. The monoisotopic (exact) mass is 339 g/mol. The number of nitrogens with one attached hydrogen (secondary N) is 1. The Hall–Kier alpha value is -1.70. The van der Waals surface area contributed by atoms with Crippen LogP contribution in [0.2, 0.25) is 0 Å². The second-order valence-corrected chi connectivity index (χ2v) is 5.89. The number of rotatable bonds is 2. The largest absolute Gasteiger partial charge is 0.369 e. The Labute approximate surface area is 122 Å². The summed E-state index contributed by atoms with van der Waals surface area (Å²) in [5, 5.41) is 0. The molecule has 1 saturated carbocycles. The van der Waals surface area contributed by atoms with Gasteiger partial charge < -0.3 is 5.73 Å². The van der Waals surface area contributed by atoms with Crippen molar-refractivity contribution in [3.63, 3.8) is 0 Å². The zero-order valence-corrected chi connectivity index (χ0v) is 12.3. The molecule has 0 saturated heterocycles. The first kappa shape index (κ1) is 13.3. The second-order valence-electron chi connectivity index (χ2n) is 5.07. The first-order chi connectivity index (χ1) is 9.56. The molecule has 20 heavy (non-hydrogen) atoms. The maximum absolute atomic E-state index is 12.1. The van der Waals surface area contributed by atoms with Crippen molar-refractivity contribution >= 4 is 33.1 Å². The van der Waals surface area contributed by atoms with Crippen molar-refractivity contribution in [2.24, 2.45) is 11.7 Å². The van der Waals surface area contributed by atoms with E-state index in [-0.39, 0.29) is 23.6 Å². The molecule has 2 aromatic rings. The van der Waals surface area contributed by atoms with Gasteiger partial charge in [-0.15, -0.1) is 0 Å². The topological polar surface area (TPSA) is 107 Å². The van der Waals surface area contributed by atoms with Gasteiger partial charge in [0.2, 0.25) is 5.91 Å². The van der Waals surface area contributed by atoms with Crippen molar-refractivity contribution < 1.29 is 4.79 Å². The molecule has 2 aromatic heterocycles. The van der Waals surface area contributed by atoms with Gasteiger partial charge in [0.05, 0.1) is 6.20 Å². The third-order valence-electron chi connectivity index (χ3n) is 3.86. The number of hydrogen-bond donors (Lipinski definition) is 2. The first-order valence-electron chi connectivity index (χ1n) is 6.48. The van der Waals surface area contributed by atoms with E-state index in [1.165, 1.54) is 0 Å². The summed E-state index contributed by atoms with van der Waals surface area (Å²) in [6.45, 7) is 0. The van der Waals surface area contributed by atoms with E-state index in [0.29, 0.717) is 28.7 Å². The Morgan fingerprint density at radius 3 is 2.75 bits per heavy atom. The minimum absolute atomic E-state index is 0.0375. The van der Waals surface area contributed by atoms with Gasteiger partial charge in [0.25, 0.3) is 0 Å². The standard InChI is InChI=1S/C12H14BrN5O2/c13-8-5-15-10-11(16-8)18(12(20)17-10)7-3-1-6(2-4-7)9(14)19/h5-7H,1-4H2,(H2,14,19)(H,15,17,20)/t6-,7-. The molecule has 0 aliphatic heterocycles. The lowest BCUT2D eigenvalue weighted by Crippen LogP contribution is -2.31. The van der Waals surface area contributed by atoms with Crippen LogP contribution in [0, 0.1) is 5.92 Å². The molecule has 1 aliphatic carbocycles. The van der Waals surface area contributed by atoms with Crippen LogP contribution in [0.15, 0.2) is 15.6 Å². The van der Waals surface area contributed by atoms with Crippen LogP contribution in [-0.4, -0.2) is 25.4 Å². The molecule has 1 amide bonds. The zero-order chi connectivity index (χ0) is 14.3. The predicted molar refractivity (Wildman–Crippen MR) is 76.0 cm³/mol. The zero-order valence-electron chi connectivity index (χ0n) is 10.7. The summed E-state index contributed by atoms with van der Waals surface area (Å²) in [6.07, 6.45) is 4.46. The third-order valence-corrected chi connectivity index (χ3v) is 4.24. The summed E-state index contributed by atoms with van der Waals surface area (Å²) >= 11 is 3.26. The molecule has 0 bridgehead atoms. The maximum atomic E-state index is 12.1. The summed E-state index contributed by atoms with van der Waals surface area (Å²) in [6, 6.07) is 0.0375. The highest BCUT2D eigenvalue weighted by Crippen LogP contribution is 2.32. The van der Waals surface area contributed by atoms with Crippen LogP contribution in [0.4, 0.5) is 0 Å². The van der Waals surface area contributed by atoms with Gasteiger partial charge in [-0.1, -0.05) is 0 Å². The van der Waals surface area contributed by atoms with Crippen molar-refractivity contribution in [3.8, 4) is 0 Å². The Bertz CT molecular complexity index is 714. The maximum Gasteiger partial charge on any atom is 0.329 e. The normalized spacial score (nSPS) is 23.1. The molecule has 3 N–H and O–H groups in total. The van der Waals surface area contributed by atoms with E-state index in [2.05, 4.69) is 30.9 Å². The molecule has 0 spiro atoms. The smallest absolute Gasteiger partial charge is 0.329 e. The average Bonchev–Trinajstić information content (AvgIpc) is 2.74. The fourth-order valence-electron chi connectivity index (χ4n) is 2.83. The van der Waals surface area contributed by atoms with Crippen LogP contribution in [-0.2, 0) is 4.79 Å². The average molecular weight is 340 g/mol. The molecule has 3 rings (SSSR count). The SMILES string of the molecule is NC(=O)[C@H]1CC[C@H](n2c(=O)[nH]c3ncc(Br)nc32)CC1.